The third-order valence-electron chi connectivity index (χ3n) is 4.11. The van der Waals surface area contributed by atoms with Gasteiger partial charge in [-0.25, -0.2) is 0 Å². The van der Waals surface area contributed by atoms with Gasteiger partial charge < -0.3 is 4.74 Å². The van der Waals surface area contributed by atoms with Gasteiger partial charge in [-0.2, -0.15) is 0 Å². The number of halogens is 2. The second-order valence-electron chi connectivity index (χ2n) is 6.01. The number of aryl methyl sites for hydroxylation is 2. The summed E-state index contributed by atoms with van der Waals surface area (Å²) >= 11 is 12.7. The first-order valence-electron chi connectivity index (χ1n) is 7.85. The summed E-state index contributed by atoms with van der Waals surface area (Å²) in [5, 5.41) is 1.20. The van der Waals surface area contributed by atoms with Crippen molar-refractivity contribution in [3.63, 3.8) is 0 Å². The Labute approximate surface area is 153 Å². The lowest BCUT2D eigenvalue weighted by molar-refractivity contribution is 0.415. The van der Waals surface area contributed by atoms with Gasteiger partial charge in [0.1, 0.15) is 5.75 Å². The normalized spacial score (nSPS) is 14.6. The van der Waals surface area contributed by atoms with Crippen molar-refractivity contribution < 1.29 is 4.74 Å². The van der Waals surface area contributed by atoms with Gasteiger partial charge in [0.05, 0.1) is 17.2 Å². The van der Waals surface area contributed by atoms with Crippen molar-refractivity contribution in [2.24, 2.45) is 0 Å². The largest absolute Gasteiger partial charge is 0.497 e. The Balaban J connectivity index is 2.24. The van der Waals surface area contributed by atoms with E-state index in [4.69, 9.17) is 27.9 Å². The Bertz CT molecular complexity index is 827. The Morgan fingerprint density at radius 3 is 2.29 bits per heavy atom. The fourth-order valence-electron chi connectivity index (χ4n) is 3.07. The third-order valence-corrected chi connectivity index (χ3v) is 4.96. The van der Waals surface area contributed by atoms with E-state index < -0.39 is 0 Å². The van der Waals surface area contributed by atoms with Gasteiger partial charge in [-0.3, -0.25) is 0 Å². The number of benzene rings is 2. The Morgan fingerprint density at radius 1 is 0.917 bits per heavy atom. The standard InChI is InChI=1S/C21H19Cl2O/c1-13-9-14(2)11-15(10-13)19-12-16(24-3)7-8-17(19)18-5-4-6-20(22)21(18)23/h5-12H,4H2,1-3H3. The molecule has 0 saturated heterocycles. The minimum Gasteiger partial charge on any atom is -0.497 e. The van der Waals surface area contributed by atoms with Crippen molar-refractivity contribution in [1.82, 2.24) is 0 Å². The van der Waals surface area contributed by atoms with Gasteiger partial charge in [0.25, 0.3) is 0 Å². The van der Waals surface area contributed by atoms with Crippen LogP contribution in [0.25, 0.3) is 16.7 Å². The zero-order valence-electron chi connectivity index (χ0n) is 14.0. The fraction of sp³-hybridized carbons (Fsp3) is 0.190. The molecule has 0 fully saturated rings. The summed E-state index contributed by atoms with van der Waals surface area (Å²) in [6, 6.07) is 12.6. The molecule has 24 heavy (non-hydrogen) atoms. The predicted molar refractivity (Wildman–Crippen MR) is 104 cm³/mol. The second-order valence-corrected chi connectivity index (χ2v) is 6.79. The van der Waals surface area contributed by atoms with Gasteiger partial charge in [0.15, 0.2) is 0 Å². The molecular formula is C21H19Cl2O. The molecular weight excluding hydrogens is 339 g/mol. The van der Waals surface area contributed by atoms with Gasteiger partial charge in [-0.15, -0.1) is 0 Å². The molecule has 0 atom stereocenters. The molecule has 1 aliphatic carbocycles. The maximum atomic E-state index is 6.48. The molecule has 1 nitrogen and oxygen atoms in total. The third kappa shape index (κ3) is 3.38. The lowest BCUT2D eigenvalue weighted by atomic mass is 9.89. The van der Waals surface area contributed by atoms with Gasteiger partial charge in [0.2, 0.25) is 0 Å². The van der Waals surface area contributed by atoms with Crippen molar-refractivity contribution in [3.05, 3.63) is 75.6 Å². The van der Waals surface area contributed by atoms with E-state index in [9.17, 15) is 0 Å². The zero-order chi connectivity index (χ0) is 17.3. The summed E-state index contributed by atoms with van der Waals surface area (Å²) in [6.07, 6.45) is 4.82. The van der Waals surface area contributed by atoms with E-state index in [1.54, 1.807) is 7.11 Å². The summed E-state index contributed by atoms with van der Waals surface area (Å²) in [5.41, 5.74) is 6.74. The molecule has 0 spiro atoms. The SMILES string of the molecule is COc1ccc(C2=C(Cl)C(Cl)=CC[CH]2)c(-c2cc(C)cc(C)c2)c1. The predicted octanol–water partition coefficient (Wildman–Crippen LogP) is 6.66. The van der Waals surface area contributed by atoms with E-state index in [1.165, 1.54) is 11.1 Å². The molecule has 0 amide bonds. The lowest BCUT2D eigenvalue weighted by Crippen LogP contribution is -1.98. The zero-order valence-corrected chi connectivity index (χ0v) is 15.5. The van der Waals surface area contributed by atoms with E-state index in [0.717, 1.165) is 34.4 Å². The number of methoxy groups -OCH3 is 1. The van der Waals surface area contributed by atoms with E-state index in [1.807, 2.05) is 12.1 Å². The van der Waals surface area contributed by atoms with Crippen LogP contribution in [-0.2, 0) is 0 Å². The molecule has 2 aromatic rings. The van der Waals surface area contributed by atoms with Crippen LogP contribution < -0.4 is 4.74 Å². The maximum absolute atomic E-state index is 6.48. The smallest absolute Gasteiger partial charge is 0.119 e. The first-order chi connectivity index (χ1) is 11.5. The average molecular weight is 358 g/mol. The van der Waals surface area contributed by atoms with E-state index >= 15 is 0 Å². The van der Waals surface area contributed by atoms with Gasteiger partial charge in [-0.1, -0.05) is 64.7 Å². The molecule has 2 aromatic carbocycles. The van der Waals surface area contributed by atoms with Gasteiger partial charge >= 0.3 is 0 Å². The first-order valence-corrected chi connectivity index (χ1v) is 8.61. The molecule has 0 bridgehead atoms. The lowest BCUT2D eigenvalue weighted by Gasteiger charge is -2.19. The van der Waals surface area contributed by atoms with Gasteiger partial charge in [0, 0.05) is 0 Å². The Kier molecular flexibility index (Phi) is 5.03. The highest BCUT2D eigenvalue weighted by Gasteiger charge is 2.19. The van der Waals surface area contributed by atoms with Crippen LogP contribution >= 0.6 is 23.2 Å². The highest BCUT2D eigenvalue weighted by atomic mass is 35.5. The second kappa shape index (κ2) is 7.04. The molecule has 1 aliphatic rings. The van der Waals surface area contributed by atoms with Crippen LogP contribution in [0.5, 0.6) is 5.75 Å². The summed E-state index contributed by atoms with van der Waals surface area (Å²) < 4.78 is 5.43. The minimum atomic E-state index is 0.596. The van der Waals surface area contributed by atoms with Crippen molar-refractivity contribution in [2.75, 3.05) is 7.11 Å². The van der Waals surface area contributed by atoms with Crippen LogP contribution in [-0.4, -0.2) is 7.11 Å². The molecule has 1 radical (unpaired) electrons. The molecule has 0 heterocycles. The van der Waals surface area contributed by atoms with Crippen LogP contribution in [0.3, 0.4) is 0 Å². The summed E-state index contributed by atoms with van der Waals surface area (Å²) in [4.78, 5) is 0. The average Bonchev–Trinajstić information content (AvgIpc) is 2.56. The van der Waals surface area contributed by atoms with Crippen molar-refractivity contribution in [1.29, 1.82) is 0 Å². The molecule has 123 valence electrons. The van der Waals surface area contributed by atoms with Crippen molar-refractivity contribution in [3.8, 4) is 16.9 Å². The number of ether oxygens (including phenoxy) is 1. The highest BCUT2D eigenvalue weighted by molar-refractivity contribution is 6.46. The number of allylic oxidation sites excluding steroid dienone is 4. The number of hydrogen-bond donors (Lipinski definition) is 0. The summed E-state index contributed by atoms with van der Waals surface area (Å²) in [5.74, 6) is 0.821. The van der Waals surface area contributed by atoms with Crippen LogP contribution in [0.4, 0.5) is 0 Å². The van der Waals surface area contributed by atoms with Crippen LogP contribution in [0.15, 0.2) is 52.5 Å². The highest BCUT2D eigenvalue weighted by Crippen LogP contribution is 2.41. The van der Waals surface area contributed by atoms with E-state index in [-0.39, 0.29) is 0 Å². The molecule has 0 saturated carbocycles. The van der Waals surface area contributed by atoms with E-state index in [2.05, 4.69) is 50.6 Å². The van der Waals surface area contributed by atoms with Crippen LogP contribution in [0, 0.1) is 20.3 Å². The van der Waals surface area contributed by atoms with Crippen molar-refractivity contribution in [2.45, 2.75) is 20.3 Å². The first kappa shape index (κ1) is 17.1. The molecule has 3 rings (SSSR count). The quantitative estimate of drug-likeness (QED) is 0.596. The maximum Gasteiger partial charge on any atom is 0.119 e. The minimum absolute atomic E-state index is 0.596. The monoisotopic (exact) mass is 357 g/mol. The summed E-state index contributed by atoms with van der Waals surface area (Å²) in [7, 11) is 1.68. The Hall–Kier alpha value is -1.70. The van der Waals surface area contributed by atoms with Crippen LogP contribution in [0.2, 0.25) is 0 Å². The number of hydrogen-bond acceptors (Lipinski definition) is 1. The van der Waals surface area contributed by atoms with Crippen molar-refractivity contribution >= 4 is 28.8 Å². The molecule has 0 aliphatic heterocycles. The Morgan fingerprint density at radius 2 is 1.62 bits per heavy atom. The van der Waals surface area contributed by atoms with Crippen LogP contribution in [0.1, 0.15) is 23.1 Å². The number of rotatable bonds is 3. The topological polar surface area (TPSA) is 9.23 Å². The molecule has 0 unspecified atom stereocenters. The van der Waals surface area contributed by atoms with Gasteiger partial charge in [-0.05, 0) is 61.1 Å². The van der Waals surface area contributed by atoms with E-state index in [0.29, 0.717) is 10.1 Å². The molecule has 0 N–H and O–H groups in total. The fourth-order valence-corrected chi connectivity index (χ4v) is 3.52. The summed E-state index contributed by atoms with van der Waals surface area (Å²) in [6.45, 7) is 4.21. The molecule has 3 heteroatoms. The molecule has 0 aromatic heterocycles.